The molecule has 1 unspecified atom stereocenters. The van der Waals surface area contributed by atoms with E-state index < -0.39 is 0 Å². The molecule has 1 rings (SSSR count). The number of nitrogens with two attached hydrogens (primary N) is 1. The van der Waals surface area contributed by atoms with E-state index in [1.807, 2.05) is 6.08 Å². The van der Waals surface area contributed by atoms with Crippen molar-refractivity contribution in [2.75, 3.05) is 26.9 Å². The summed E-state index contributed by atoms with van der Waals surface area (Å²) in [7, 11) is 1.70. The fourth-order valence-corrected chi connectivity index (χ4v) is 1.69. The van der Waals surface area contributed by atoms with Crippen molar-refractivity contribution in [2.45, 2.75) is 24.9 Å². The third-order valence-electron chi connectivity index (χ3n) is 2.33. The first kappa shape index (κ1) is 10.7. The SMILES string of the molecule is COCC1(/C=C/CN)CCCCO1. The largest absolute Gasteiger partial charge is 0.381 e. The predicted molar refractivity (Wildman–Crippen MR) is 52.6 cm³/mol. The van der Waals surface area contributed by atoms with Crippen molar-refractivity contribution in [1.29, 1.82) is 0 Å². The van der Waals surface area contributed by atoms with Gasteiger partial charge in [0.05, 0.1) is 6.61 Å². The fourth-order valence-electron chi connectivity index (χ4n) is 1.69. The summed E-state index contributed by atoms with van der Waals surface area (Å²) < 4.78 is 10.9. The van der Waals surface area contributed by atoms with Gasteiger partial charge in [0.15, 0.2) is 0 Å². The van der Waals surface area contributed by atoms with Crippen LogP contribution in [0.15, 0.2) is 12.2 Å². The first-order valence-electron chi connectivity index (χ1n) is 4.84. The summed E-state index contributed by atoms with van der Waals surface area (Å²) in [6, 6.07) is 0. The van der Waals surface area contributed by atoms with Gasteiger partial charge in [-0.15, -0.1) is 0 Å². The Hall–Kier alpha value is -0.380. The summed E-state index contributed by atoms with van der Waals surface area (Å²) in [5.74, 6) is 0. The highest BCUT2D eigenvalue weighted by Crippen LogP contribution is 2.26. The normalized spacial score (nSPS) is 29.7. The van der Waals surface area contributed by atoms with E-state index >= 15 is 0 Å². The minimum atomic E-state index is -0.202. The Morgan fingerprint density at radius 3 is 2.92 bits per heavy atom. The Bertz CT molecular complexity index is 157. The average Bonchev–Trinajstić information content (AvgIpc) is 2.17. The fraction of sp³-hybridized carbons (Fsp3) is 0.800. The van der Waals surface area contributed by atoms with Gasteiger partial charge in [-0.05, 0) is 19.3 Å². The first-order valence-corrected chi connectivity index (χ1v) is 4.84. The van der Waals surface area contributed by atoms with Gasteiger partial charge < -0.3 is 15.2 Å². The molecule has 1 heterocycles. The number of ether oxygens (including phenoxy) is 2. The van der Waals surface area contributed by atoms with Crippen LogP contribution in [0.25, 0.3) is 0 Å². The van der Waals surface area contributed by atoms with E-state index in [0.29, 0.717) is 13.2 Å². The van der Waals surface area contributed by atoms with Gasteiger partial charge in [0, 0.05) is 20.3 Å². The lowest BCUT2D eigenvalue weighted by Gasteiger charge is -2.34. The lowest BCUT2D eigenvalue weighted by Crippen LogP contribution is -2.38. The monoisotopic (exact) mass is 185 g/mol. The van der Waals surface area contributed by atoms with Crippen LogP contribution < -0.4 is 5.73 Å². The van der Waals surface area contributed by atoms with E-state index in [0.717, 1.165) is 19.4 Å². The van der Waals surface area contributed by atoms with Crippen molar-refractivity contribution in [3.63, 3.8) is 0 Å². The predicted octanol–water partition coefficient (Wildman–Crippen LogP) is 1.09. The van der Waals surface area contributed by atoms with Gasteiger partial charge in [-0.1, -0.05) is 12.2 Å². The van der Waals surface area contributed by atoms with Crippen LogP contribution in [0.3, 0.4) is 0 Å². The molecule has 1 atom stereocenters. The molecule has 0 bridgehead atoms. The van der Waals surface area contributed by atoms with Crippen molar-refractivity contribution >= 4 is 0 Å². The van der Waals surface area contributed by atoms with Crippen LogP contribution in [-0.2, 0) is 9.47 Å². The molecule has 0 spiro atoms. The Labute approximate surface area is 79.9 Å². The summed E-state index contributed by atoms with van der Waals surface area (Å²) in [6.07, 6.45) is 7.40. The molecule has 0 aromatic heterocycles. The molecule has 13 heavy (non-hydrogen) atoms. The first-order chi connectivity index (χ1) is 6.33. The van der Waals surface area contributed by atoms with E-state index in [-0.39, 0.29) is 5.60 Å². The second-order valence-electron chi connectivity index (χ2n) is 3.44. The summed E-state index contributed by atoms with van der Waals surface area (Å²) in [6.45, 7) is 2.02. The Kier molecular flexibility index (Phi) is 4.42. The van der Waals surface area contributed by atoms with Crippen molar-refractivity contribution in [2.24, 2.45) is 5.73 Å². The molecular weight excluding hydrogens is 166 g/mol. The van der Waals surface area contributed by atoms with Crippen LogP contribution in [0, 0.1) is 0 Å². The minimum Gasteiger partial charge on any atom is -0.381 e. The highest BCUT2D eigenvalue weighted by Gasteiger charge is 2.30. The molecule has 0 aromatic carbocycles. The zero-order chi connectivity index (χ0) is 9.57. The molecule has 76 valence electrons. The Morgan fingerprint density at radius 1 is 1.54 bits per heavy atom. The molecule has 0 amide bonds. The van der Waals surface area contributed by atoms with Crippen LogP contribution in [0.5, 0.6) is 0 Å². The third-order valence-corrected chi connectivity index (χ3v) is 2.33. The molecule has 2 N–H and O–H groups in total. The van der Waals surface area contributed by atoms with Gasteiger partial charge in [-0.25, -0.2) is 0 Å². The van der Waals surface area contributed by atoms with E-state index in [2.05, 4.69) is 6.08 Å². The summed E-state index contributed by atoms with van der Waals surface area (Å²) in [5.41, 5.74) is 5.22. The second-order valence-corrected chi connectivity index (χ2v) is 3.44. The van der Waals surface area contributed by atoms with Crippen LogP contribution in [0.4, 0.5) is 0 Å². The van der Waals surface area contributed by atoms with Crippen molar-refractivity contribution in [3.05, 3.63) is 12.2 Å². The maximum absolute atomic E-state index is 5.74. The van der Waals surface area contributed by atoms with E-state index in [9.17, 15) is 0 Å². The molecule has 1 saturated heterocycles. The summed E-state index contributed by atoms with van der Waals surface area (Å²) in [5, 5.41) is 0. The molecule has 3 nitrogen and oxygen atoms in total. The molecule has 3 heteroatoms. The summed E-state index contributed by atoms with van der Waals surface area (Å²) >= 11 is 0. The van der Waals surface area contributed by atoms with Gasteiger partial charge in [0.2, 0.25) is 0 Å². The van der Waals surface area contributed by atoms with Crippen LogP contribution in [0.1, 0.15) is 19.3 Å². The van der Waals surface area contributed by atoms with E-state index in [4.69, 9.17) is 15.2 Å². The summed E-state index contributed by atoms with van der Waals surface area (Å²) in [4.78, 5) is 0. The van der Waals surface area contributed by atoms with Crippen LogP contribution in [-0.4, -0.2) is 32.5 Å². The zero-order valence-electron chi connectivity index (χ0n) is 8.29. The van der Waals surface area contributed by atoms with Gasteiger partial charge >= 0.3 is 0 Å². The minimum absolute atomic E-state index is 0.202. The van der Waals surface area contributed by atoms with E-state index in [1.54, 1.807) is 7.11 Å². The average molecular weight is 185 g/mol. The number of hydrogen-bond acceptors (Lipinski definition) is 3. The third kappa shape index (κ3) is 3.10. The van der Waals surface area contributed by atoms with Gasteiger partial charge in [-0.2, -0.15) is 0 Å². The highest BCUT2D eigenvalue weighted by atomic mass is 16.5. The number of methoxy groups -OCH3 is 1. The maximum Gasteiger partial charge on any atom is 0.109 e. The Morgan fingerprint density at radius 2 is 2.38 bits per heavy atom. The van der Waals surface area contributed by atoms with Gasteiger partial charge in [0.25, 0.3) is 0 Å². The van der Waals surface area contributed by atoms with Crippen molar-refractivity contribution in [1.82, 2.24) is 0 Å². The van der Waals surface area contributed by atoms with Crippen LogP contribution >= 0.6 is 0 Å². The van der Waals surface area contributed by atoms with Crippen molar-refractivity contribution < 1.29 is 9.47 Å². The molecular formula is C10H19NO2. The number of hydrogen-bond donors (Lipinski definition) is 1. The molecule has 0 radical (unpaired) electrons. The van der Waals surface area contributed by atoms with Gasteiger partial charge in [0.1, 0.15) is 5.60 Å². The lowest BCUT2D eigenvalue weighted by molar-refractivity contribution is -0.0833. The maximum atomic E-state index is 5.74. The molecule has 1 aliphatic rings. The molecule has 0 aromatic rings. The lowest BCUT2D eigenvalue weighted by atomic mass is 9.94. The Balaban J connectivity index is 2.55. The highest BCUT2D eigenvalue weighted by molar-refractivity contribution is 5.04. The van der Waals surface area contributed by atoms with Crippen molar-refractivity contribution in [3.8, 4) is 0 Å². The molecule has 0 saturated carbocycles. The quantitative estimate of drug-likeness (QED) is 0.667. The van der Waals surface area contributed by atoms with Gasteiger partial charge in [-0.3, -0.25) is 0 Å². The van der Waals surface area contributed by atoms with Crippen LogP contribution in [0.2, 0.25) is 0 Å². The standard InChI is InChI=1S/C10H19NO2/c1-12-9-10(6-4-7-11)5-2-3-8-13-10/h4,6H,2-3,5,7-9,11H2,1H3/b6-4+. The number of rotatable bonds is 4. The molecule has 1 fully saturated rings. The smallest absolute Gasteiger partial charge is 0.109 e. The zero-order valence-corrected chi connectivity index (χ0v) is 8.29. The second kappa shape index (κ2) is 5.37. The topological polar surface area (TPSA) is 44.5 Å². The van der Waals surface area contributed by atoms with E-state index in [1.165, 1.54) is 6.42 Å². The molecule has 0 aliphatic carbocycles. The molecule has 1 aliphatic heterocycles.